The molecule has 0 amide bonds. The lowest BCUT2D eigenvalue weighted by Gasteiger charge is -2.07. The second kappa shape index (κ2) is 8.00. The highest BCUT2D eigenvalue weighted by molar-refractivity contribution is 5.87. The molecule has 3 heterocycles. The molecule has 0 unspecified atom stereocenters. The first kappa shape index (κ1) is 16.6. The molecule has 25 heavy (non-hydrogen) atoms. The number of aromatic nitrogens is 5. The summed E-state index contributed by atoms with van der Waals surface area (Å²) in [6.07, 6.45) is 8.62. The van der Waals surface area contributed by atoms with Crippen molar-refractivity contribution in [3.8, 4) is 11.6 Å². The van der Waals surface area contributed by atoms with Crippen LogP contribution in [0.3, 0.4) is 0 Å². The highest BCUT2D eigenvalue weighted by Crippen LogP contribution is 2.12. The molecular weight excluding hydrogens is 322 g/mol. The summed E-state index contributed by atoms with van der Waals surface area (Å²) in [5.41, 5.74) is 1.04. The summed E-state index contributed by atoms with van der Waals surface area (Å²) in [4.78, 5) is 23.2. The summed E-state index contributed by atoms with van der Waals surface area (Å²) in [5.74, 6) is 0.429. The van der Waals surface area contributed by atoms with Gasteiger partial charge in [-0.25, -0.2) is 19.4 Å². The van der Waals surface area contributed by atoms with E-state index in [-0.39, 0.29) is 5.56 Å². The van der Waals surface area contributed by atoms with Crippen molar-refractivity contribution in [3.63, 3.8) is 0 Å². The van der Waals surface area contributed by atoms with Crippen molar-refractivity contribution in [1.82, 2.24) is 24.7 Å². The molecule has 0 fully saturated rings. The van der Waals surface area contributed by atoms with Crippen LogP contribution in [0.15, 0.2) is 49.3 Å². The van der Waals surface area contributed by atoms with E-state index in [0.717, 1.165) is 18.5 Å². The molecule has 0 bridgehead atoms. The van der Waals surface area contributed by atoms with Gasteiger partial charge in [-0.1, -0.05) is 0 Å². The van der Waals surface area contributed by atoms with Crippen molar-refractivity contribution in [3.05, 3.63) is 60.6 Å². The number of nitrogens with zero attached hydrogens (tertiary/aromatic N) is 5. The lowest BCUT2D eigenvalue weighted by atomic mass is 10.1. The molecule has 0 aliphatic carbocycles. The third-order valence-electron chi connectivity index (χ3n) is 3.53. The molecule has 3 aromatic heterocycles. The van der Waals surface area contributed by atoms with Crippen LogP contribution in [0, 0.1) is 0 Å². The Bertz CT molecular complexity index is 819. The first-order valence-electron chi connectivity index (χ1n) is 7.84. The molecule has 0 saturated carbocycles. The lowest BCUT2D eigenvalue weighted by molar-refractivity contribution is 0.0696. The molecule has 1 N–H and O–H groups in total. The van der Waals surface area contributed by atoms with Gasteiger partial charge in [-0.3, -0.25) is 4.98 Å². The fourth-order valence-corrected chi connectivity index (χ4v) is 2.27. The molecule has 0 atom stereocenters. The summed E-state index contributed by atoms with van der Waals surface area (Å²) in [6.45, 7) is 0.559. The number of unbranched alkanes of at least 4 members (excludes halogenated alkanes) is 1. The number of ether oxygens (including phenoxy) is 1. The Morgan fingerprint density at radius 1 is 1.20 bits per heavy atom. The predicted molar refractivity (Wildman–Crippen MR) is 88.8 cm³/mol. The smallest absolute Gasteiger partial charge is 0.335 e. The number of hydrogen-bond acceptors (Lipinski definition) is 6. The summed E-state index contributed by atoms with van der Waals surface area (Å²) >= 11 is 0. The number of carboxylic acid groups (broad SMARTS) is 1. The number of aromatic carboxylic acids is 1. The molecule has 128 valence electrons. The van der Waals surface area contributed by atoms with Gasteiger partial charge in [0.15, 0.2) is 5.82 Å². The van der Waals surface area contributed by atoms with E-state index in [4.69, 9.17) is 9.84 Å². The van der Waals surface area contributed by atoms with Crippen LogP contribution in [0.1, 0.15) is 28.9 Å². The Morgan fingerprint density at radius 2 is 2.12 bits per heavy atom. The van der Waals surface area contributed by atoms with Crippen molar-refractivity contribution < 1.29 is 14.6 Å². The molecule has 8 heteroatoms. The van der Waals surface area contributed by atoms with E-state index in [1.54, 1.807) is 23.3 Å². The first-order chi connectivity index (χ1) is 12.2. The molecular formula is C17H17N5O3. The van der Waals surface area contributed by atoms with Gasteiger partial charge >= 0.3 is 5.97 Å². The molecule has 8 nitrogen and oxygen atoms in total. The van der Waals surface area contributed by atoms with Crippen LogP contribution in [-0.2, 0) is 6.42 Å². The number of rotatable bonds is 8. The van der Waals surface area contributed by atoms with E-state index >= 15 is 0 Å². The fraction of sp³-hybridized carbons (Fsp3) is 0.235. The molecule has 0 saturated heterocycles. The number of carboxylic acids is 1. The molecule has 0 aliphatic rings. The zero-order valence-corrected chi connectivity index (χ0v) is 13.4. The summed E-state index contributed by atoms with van der Waals surface area (Å²) in [6, 6.07) is 6.74. The van der Waals surface area contributed by atoms with Gasteiger partial charge < -0.3 is 9.84 Å². The van der Waals surface area contributed by atoms with Gasteiger partial charge in [0, 0.05) is 11.9 Å². The Balaban J connectivity index is 1.41. The Kier molecular flexibility index (Phi) is 5.30. The Morgan fingerprint density at radius 3 is 2.84 bits per heavy atom. The van der Waals surface area contributed by atoms with Crippen molar-refractivity contribution in [2.45, 2.75) is 19.3 Å². The van der Waals surface area contributed by atoms with E-state index in [0.29, 0.717) is 24.6 Å². The Hall–Kier alpha value is -3.29. The van der Waals surface area contributed by atoms with Gasteiger partial charge in [-0.15, -0.1) is 0 Å². The predicted octanol–water partition coefficient (Wildman–Crippen LogP) is 2.16. The molecule has 0 aromatic carbocycles. The second-order valence-corrected chi connectivity index (χ2v) is 5.34. The molecule has 0 radical (unpaired) electrons. The van der Waals surface area contributed by atoms with Gasteiger partial charge in [0.2, 0.25) is 0 Å². The normalized spacial score (nSPS) is 10.6. The zero-order chi connectivity index (χ0) is 17.5. The number of carbonyl (C=O) groups is 1. The molecule has 0 aliphatic heterocycles. The van der Waals surface area contributed by atoms with E-state index in [2.05, 4.69) is 20.1 Å². The maximum Gasteiger partial charge on any atom is 0.335 e. The van der Waals surface area contributed by atoms with Crippen LogP contribution in [0.4, 0.5) is 0 Å². The largest absolute Gasteiger partial charge is 0.492 e. The number of hydrogen-bond donors (Lipinski definition) is 1. The zero-order valence-electron chi connectivity index (χ0n) is 13.4. The van der Waals surface area contributed by atoms with E-state index in [9.17, 15) is 4.79 Å². The van der Waals surface area contributed by atoms with Gasteiger partial charge in [-0.05, 0) is 43.5 Å². The fourth-order valence-electron chi connectivity index (χ4n) is 2.27. The van der Waals surface area contributed by atoms with E-state index in [1.807, 2.05) is 12.1 Å². The minimum atomic E-state index is -0.936. The maximum atomic E-state index is 10.9. The minimum Gasteiger partial charge on any atom is -0.492 e. The monoisotopic (exact) mass is 339 g/mol. The summed E-state index contributed by atoms with van der Waals surface area (Å²) < 4.78 is 7.23. The lowest BCUT2D eigenvalue weighted by Crippen LogP contribution is -2.02. The van der Waals surface area contributed by atoms with Crippen LogP contribution in [0.25, 0.3) is 5.82 Å². The van der Waals surface area contributed by atoms with Crippen molar-refractivity contribution in [2.24, 2.45) is 0 Å². The Labute approximate surface area is 144 Å². The highest BCUT2D eigenvalue weighted by Gasteiger charge is 2.04. The quantitative estimate of drug-likeness (QED) is 0.627. The van der Waals surface area contributed by atoms with Crippen molar-refractivity contribution in [1.29, 1.82) is 0 Å². The molecule has 3 rings (SSSR count). The average molecular weight is 339 g/mol. The van der Waals surface area contributed by atoms with Crippen LogP contribution in [0.5, 0.6) is 5.75 Å². The SMILES string of the molecule is O=C(O)c1ccnc(CCCCOc2ccc(-n3cncn3)nc2)c1. The van der Waals surface area contributed by atoms with Crippen molar-refractivity contribution >= 4 is 5.97 Å². The second-order valence-electron chi connectivity index (χ2n) is 5.34. The number of aryl methyl sites for hydroxylation is 1. The summed E-state index contributed by atoms with van der Waals surface area (Å²) in [5, 5.41) is 13.0. The third kappa shape index (κ3) is 4.60. The van der Waals surface area contributed by atoms with Gasteiger partial charge in [0.1, 0.15) is 18.4 Å². The van der Waals surface area contributed by atoms with Gasteiger partial charge in [0.25, 0.3) is 0 Å². The topological polar surface area (TPSA) is 103 Å². The average Bonchev–Trinajstić information content (AvgIpc) is 3.17. The molecule has 0 spiro atoms. The maximum absolute atomic E-state index is 10.9. The van der Waals surface area contributed by atoms with E-state index in [1.165, 1.54) is 18.6 Å². The van der Waals surface area contributed by atoms with Gasteiger partial charge in [-0.2, -0.15) is 5.10 Å². The van der Waals surface area contributed by atoms with Crippen molar-refractivity contribution in [2.75, 3.05) is 6.61 Å². The van der Waals surface area contributed by atoms with Crippen LogP contribution in [-0.4, -0.2) is 42.4 Å². The van der Waals surface area contributed by atoms with Crippen LogP contribution < -0.4 is 4.74 Å². The number of pyridine rings is 2. The highest BCUT2D eigenvalue weighted by atomic mass is 16.5. The summed E-state index contributed by atoms with van der Waals surface area (Å²) in [7, 11) is 0. The van der Waals surface area contributed by atoms with Gasteiger partial charge in [0.05, 0.1) is 18.4 Å². The standard InChI is InChI=1S/C17H17N5O3/c23-17(24)13-6-7-19-14(9-13)3-1-2-8-25-15-4-5-16(20-10-15)22-12-18-11-21-22/h4-7,9-12H,1-3,8H2,(H,23,24). The van der Waals surface area contributed by atoms with Crippen LogP contribution >= 0.6 is 0 Å². The minimum absolute atomic E-state index is 0.264. The first-order valence-corrected chi connectivity index (χ1v) is 7.84. The molecule has 3 aromatic rings. The van der Waals surface area contributed by atoms with Crippen LogP contribution in [0.2, 0.25) is 0 Å². The van der Waals surface area contributed by atoms with E-state index < -0.39 is 5.97 Å². The third-order valence-corrected chi connectivity index (χ3v) is 3.53.